The van der Waals surface area contributed by atoms with Crippen LogP contribution < -0.4 is 10.2 Å². The molecule has 140 valence electrons. The number of nitrogens with zero attached hydrogens (tertiary/aromatic N) is 5. The van der Waals surface area contributed by atoms with Crippen LogP contribution in [0.3, 0.4) is 0 Å². The Morgan fingerprint density at radius 3 is 2.93 bits per heavy atom. The lowest BCUT2D eigenvalue weighted by molar-refractivity contribution is 0.373. The number of phenolic OH excluding ortho intramolecular Hbond substituents is 1. The van der Waals surface area contributed by atoms with Crippen LogP contribution in [-0.4, -0.2) is 38.2 Å². The second-order valence-corrected chi connectivity index (χ2v) is 5.80. The Hall–Kier alpha value is -4.01. The van der Waals surface area contributed by atoms with Crippen molar-refractivity contribution in [2.45, 2.75) is 0 Å². The fraction of sp³-hybridized carbons (Fsp3) is 0.0526. The van der Waals surface area contributed by atoms with Crippen molar-refractivity contribution in [2.75, 3.05) is 12.5 Å². The molecule has 0 spiro atoms. The lowest BCUT2D eigenvalue weighted by Gasteiger charge is -2.05. The van der Waals surface area contributed by atoms with Crippen LogP contribution >= 0.6 is 0 Å². The van der Waals surface area contributed by atoms with Crippen molar-refractivity contribution in [1.82, 2.24) is 19.7 Å². The summed E-state index contributed by atoms with van der Waals surface area (Å²) in [5, 5.41) is 18.7. The molecule has 0 aliphatic carbocycles. The summed E-state index contributed by atoms with van der Waals surface area (Å²) in [6.07, 6.45) is 4.52. The van der Waals surface area contributed by atoms with E-state index < -0.39 is 0 Å². The number of phenols is 1. The number of anilines is 1. The third-order valence-corrected chi connectivity index (χ3v) is 4.01. The van der Waals surface area contributed by atoms with Crippen molar-refractivity contribution in [3.63, 3.8) is 0 Å². The summed E-state index contributed by atoms with van der Waals surface area (Å²) in [4.78, 5) is 8.42. The van der Waals surface area contributed by atoms with Crippen LogP contribution in [0.4, 0.5) is 10.2 Å². The average Bonchev–Trinajstić information content (AvgIpc) is 3.14. The van der Waals surface area contributed by atoms with Crippen LogP contribution in [0, 0.1) is 5.82 Å². The Kier molecular flexibility index (Phi) is 4.55. The third kappa shape index (κ3) is 3.32. The first-order chi connectivity index (χ1) is 13.7. The second kappa shape index (κ2) is 7.31. The normalized spacial score (nSPS) is 11.2. The van der Waals surface area contributed by atoms with Gasteiger partial charge in [0.15, 0.2) is 23.0 Å². The van der Waals surface area contributed by atoms with Crippen LogP contribution in [0.25, 0.3) is 16.7 Å². The van der Waals surface area contributed by atoms with E-state index >= 15 is 0 Å². The highest BCUT2D eigenvalue weighted by Gasteiger charge is 2.11. The molecule has 2 aromatic carbocycles. The zero-order valence-corrected chi connectivity index (χ0v) is 14.7. The Morgan fingerprint density at radius 2 is 2.11 bits per heavy atom. The van der Waals surface area contributed by atoms with E-state index in [4.69, 9.17) is 4.74 Å². The van der Waals surface area contributed by atoms with Crippen molar-refractivity contribution < 1.29 is 14.2 Å². The smallest absolute Gasteiger partial charge is 0.168 e. The number of aromatic hydroxyl groups is 1. The molecular formula is C19H15FN6O2. The van der Waals surface area contributed by atoms with Gasteiger partial charge in [0.05, 0.1) is 30.6 Å². The van der Waals surface area contributed by atoms with Gasteiger partial charge in [-0.1, -0.05) is 6.07 Å². The monoisotopic (exact) mass is 378 g/mol. The minimum absolute atomic E-state index is 0.0508. The molecule has 8 nitrogen and oxygen atoms in total. The summed E-state index contributed by atoms with van der Waals surface area (Å²) in [5.74, 6) is 0.497. The molecule has 28 heavy (non-hydrogen) atoms. The van der Waals surface area contributed by atoms with E-state index in [1.165, 1.54) is 36.3 Å². The van der Waals surface area contributed by atoms with Crippen molar-refractivity contribution in [2.24, 2.45) is 5.10 Å². The summed E-state index contributed by atoms with van der Waals surface area (Å²) < 4.78 is 20.1. The first-order valence-electron chi connectivity index (χ1n) is 8.26. The van der Waals surface area contributed by atoms with Gasteiger partial charge in [0.1, 0.15) is 12.1 Å². The van der Waals surface area contributed by atoms with Crippen LogP contribution in [0.1, 0.15) is 5.56 Å². The first kappa shape index (κ1) is 17.4. The molecule has 0 unspecified atom stereocenters. The zero-order valence-electron chi connectivity index (χ0n) is 14.7. The summed E-state index contributed by atoms with van der Waals surface area (Å²) in [5.41, 5.74) is 4.65. The molecule has 0 bridgehead atoms. The fourth-order valence-corrected chi connectivity index (χ4v) is 2.67. The fourth-order valence-electron chi connectivity index (χ4n) is 2.67. The topological polar surface area (TPSA) is 97.5 Å². The summed E-state index contributed by atoms with van der Waals surface area (Å²) in [6.45, 7) is 0. The van der Waals surface area contributed by atoms with E-state index in [-0.39, 0.29) is 11.6 Å². The second-order valence-electron chi connectivity index (χ2n) is 5.80. The molecule has 2 N–H and O–H groups in total. The van der Waals surface area contributed by atoms with Crippen LogP contribution in [-0.2, 0) is 0 Å². The highest BCUT2D eigenvalue weighted by molar-refractivity contribution is 5.88. The molecule has 4 aromatic rings. The molecule has 0 radical (unpaired) electrons. The summed E-state index contributed by atoms with van der Waals surface area (Å²) in [7, 11) is 1.47. The minimum atomic E-state index is -0.359. The molecule has 9 heteroatoms. The lowest BCUT2D eigenvalue weighted by atomic mass is 10.2. The van der Waals surface area contributed by atoms with Crippen molar-refractivity contribution in [3.8, 4) is 17.2 Å². The quantitative estimate of drug-likeness (QED) is 0.409. The van der Waals surface area contributed by atoms with Crippen molar-refractivity contribution in [1.29, 1.82) is 0 Å². The van der Waals surface area contributed by atoms with E-state index in [9.17, 15) is 9.50 Å². The molecule has 0 atom stereocenters. The zero-order chi connectivity index (χ0) is 19.5. The maximum absolute atomic E-state index is 13.5. The molecule has 2 aromatic heterocycles. The van der Waals surface area contributed by atoms with Gasteiger partial charge in [-0.25, -0.2) is 19.0 Å². The molecule has 2 heterocycles. The number of halogens is 1. The van der Waals surface area contributed by atoms with Gasteiger partial charge in [-0.05, 0) is 42.0 Å². The largest absolute Gasteiger partial charge is 0.504 e. The number of methoxy groups -OCH3 is 1. The molecule has 4 rings (SSSR count). The molecule has 0 fully saturated rings. The van der Waals surface area contributed by atoms with Gasteiger partial charge < -0.3 is 9.84 Å². The average molecular weight is 378 g/mol. The van der Waals surface area contributed by atoms with Crippen LogP contribution in [0.15, 0.2) is 60.1 Å². The van der Waals surface area contributed by atoms with E-state index in [2.05, 4.69) is 25.6 Å². The highest BCUT2D eigenvalue weighted by Crippen LogP contribution is 2.26. The van der Waals surface area contributed by atoms with Gasteiger partial charge in [-0.3, -0.25) is 5.43 Å². The molecule has 0 amide bonds. The number of hydrazone groups is 1. The maximum Gasteiger partial charge on any atom is 0.168 e. The van der Waals surface area contributed by atoms with E-state index in [1.807, 2.05) is 0 Å². The molecular weight excluding hydrogens is 363 g/mol. The number of ether oxygens (including phenoxy) is 1. The SMILES string of the molecule is COc1cc(C=NNc2ncnc3c2cnn3-c2cccc(F)c2)ccc1O. The number of nitrogens with one attached hydrogen (secondary N) is 1. The molecule has 0 aliphatic rings. The highest BCUT2D eigenvalue weighted by atomic mass is 19.1. The first-order valence-corrected chi connectivity index (χ1v) is 8.26. The maximum atomic E-state index is 13.5. The Morgan fingerprint density at radius 1 is 1.21 bits per heavy atom. The Bertz CT molecular complexity index is 1170. The number of hydrogen-bond donors (Lipinski definition) is 2. The van der Waals surface area contributed by atoms with Gasteiger partial charge >= 0.3 is 0 Å². The molecule has 0 saturated heterocycles. The van der Waals surface area contributed by atoms with Gasteiger partial charge in [-0.2, -0.15) is 10.2 Å². The van der Waals surface area contributed by atoms with E-state index in [0.29, 0.717) is 28.3 Å². The Balaban J connectivity index is 1.61. The molecule has 0 aliphatic heterocycles. The third-order valence-electron chi connectivity index (χ3n) is 4.01. The van der Waals surface area contributed by atoms with Crippen molar-refractivity contribution in [3.05, 3.63) is 66.4 Å². The lowest BCUT2D eigenvalue weighted by Crippen LogP contribution is -2.00. The van der Waals surface area contributed by atoms with Gasteiger partial charge in [0, 0.05) is 0 Å². The number of benzene rings is 2. The van der Waals surface area contributed by atoms with Crippen LogP contribution in [0.5, 0.6) is 11.5 Å². The predicted octanol–water partition coefficient (Wildman–Crippen LogP) is 3.11. The summed E-state index contributed by atoms with van der Waals surface area (Å²) >= 11 is 0. The Labute approximate surface area is 158 Å². The van der Waals surface area contributed by atoms with Gasteiger partial charge in [0.25, 0.3) is 0 Å². The number of aromatic nitrogens is 4. The van der Waals surface area contributed by atoms with E-state index in [1.54, 1.807) is 36.7 Å². The number of rotatable bonds is 5. The van der Waals surface area contributed by atoms with Gasteiger partial charge in [0.2, 0.25) is 0 Å². The van der Waals surface area contributed by atoms with Crippen molar-refractivity contribution >= 4 is 23.1 Å². The molecule has 0 saturated carbocycles. The van der Waals surface area contributed by atoms with E-state index in [0.717, 1.165) is 5.56 Å². The number of fused-ring (bicyclic) bond motifs is 1. The number of hydrogen-bond acceptors (Lipinski definition) is 7. The van der Waals surface area contributed by atoms with Crippen LogP contribution in [0.2, 0.25) is 0 Å². The van der Waals surface area contributed by atoms with Gasteiger partial charge in [-0.15, -0.1) is 0 Å². The minimum Gasteiger partial charge on any atom is -0.504 e. The predicted molar refractivity (Wildman–Crippen MR) is 102 cm³/mol. The standard InChI is InChI=1S/C19H15FN6O2/c1-28-17-7-12(5-6-16(17)27)9-23-25-18-15-10-24-26(19(15)22-11-21-18)14-4-2-3-13(20)8-14/h2-11,27H,1H3,(H,21,22,25). The summed E-state index contributed by atoms with van der Waals surface area (Å²) in [6, 6.07) is 10.9.